The number of hydrogen-bond donors (Lipinski definition) is 1. The Morgan fingerprint density at radius 2 is 2.31 bits per heavy atom. The highest BCUT2D eigenvalue weighted by molar-refractivity contribution is 7.98. The molecule has 0 spiro atoms. The first-order valence-electron chi connectivity index (χ1n) is 4.51. The van der Waals surface area contributed by atoms with Crippen LogP contribution in [0.1, 0.15) is 5.56 Å². The summed E-state index contributed by atoms with van der Waals surface area (Å²) < 4.78 is 1.51. The van der Waals surface area contributed by atoms with E-state index in [2.05, 4.69) is 16.2 Å². The highest BCUT2D eigenvalue weighted by atomic mass is 32.2. The van der Waals surface area contributed by atoms with E-state index in [1.165, 1.54) is 22.8 Å². The molecule has 1 aromatic carbocycles. The number of nitrogens with zero attached hydrogens (tertiary/aromatic N) is 4. The van der Waals surface area contributed by atoms with Crippen molar-refractivity contribution in [1.82, 2.24) is 14.8 Å². The van der Waals surface area contributed by atoms with Gasteiger partial charge in [-0.3, -0.25) is 0 Å². The van der Waals surface area contributed by atoms with Crippen LogP contribution in [0.5, 0.6) is 0 Å². The van der Waals surface area contributed by atoms with E-state index in [-0.39, 0.29) is 5.95 Å². The van der Waals surface area contributed by atoms with Crippen LogP contribution in [0, 0.1) is 11.3 Å². The third-order valence-corrected chi connectivity index (χ3v) is 2.87. The fraction of sp³-hybridized carbons (Fsp3) is 0.100. The lowest BCUT2D eigenvalue weighted by molar-refractivity contribution is 0.876. The van der Waals surface area contributed by atoms with Gasteiger partial charge in [0, 0.05) is 4.90 Å². The Balaban J connectivity index is 2.61. The van der Waals surface area contributed by atoms with Gasteiger partial charge in [-0.25, -0.2) is 9.67 Å². The number of nitrogen functional groups attached to an aromatic ring is 1. The van der Waals surface area contributed by atoms with Crippen LogP contribution in [0.2, 0.25) is 0 Å². The van der Waals surface area contributed by atoms with E-state index >= 15 is 0 Å². The summed E-state index contributed by atoms with van der Waals surface area (Å²) in [6, 6.07) is 7.76. The summed E-state index contributed by atoms with van der Waals surface area (Å²) in [5.41, 5.74) is 6.72. The van der Waals surface area contributed by atoms with E-state index in [0.717, 1.165) is 4.90 Å². The van der Waals surface area contributed by atoms with Crippen molar-refractivity contribution < 1.29 is 0 Å². The van der Waals surface area contributed by atoms with Gasteiger partial charge in [0.25, 0.3) is 0 Å². The highest BCUT2D eigenvalue weighted by Gasteiger charge is 2.10. The Morgan fingerprint density at radius 1 is 1.50 bits per heavy atom. The summed E-state index contributed by atoms with van der Waals surface area (Å²) in [4.78, 5) is 4.75. The maximum Gasteiger partial charge on any atom is 0.239 e. The minimum Gasteiger partial charge on any atom is -0.366 e. The van der Waals surface area contributed by atoms with Crippen LogP contribution < -0.4 is 5.73 Å². The second-order valence-electron chi connectivity index (χ2n) is 3.01. The highest BCUT2D eigenvalue weighted by Crippen LogP contribution is 2.24. The zero-order valence-corrected chi connectivity index (χ0v) is 9.40. The average Bonchev–Trinajstić information content (AvgIpc) is 2.74. The largest absolute Gasteiger partial charge is 0.366 e. The lowest BCUT2D eigenvalue weighted by Gasteiger charge is -2.06. The minimum absolute atomic E-state index is 0.193. The zero-order chi connectivity index (χ0) is 11.5. The van der Waals surface area contributed by atoms with Crippen LogP contribution in [-0.2, 0) is 0 Å². The van der Waals surface area contributed by atoms with Crippen molar-refractivity contribution in [2.45, 2.75) is 4.90 Å². The maximum atomic E-state index is 9.14. The lowest BCUT2D eigenvalue weighted by atomic mass is 10.2. The number of aromatic nitrogens is 3. The Bertz CT molecular complexity index is 555. The van der Waals surface area contributed by atoms with Crippen molar-refractivity contribution >= 4 is 17.7 Å². The number of thioether (sulfide) groups is 1. The summed E-state index contributed by atoms with van der Waals surface area (Å²) in [7, 11) is 0. The fourth-order valence-corrected chi connectivity index (χ4v) is 1.95. The molecule has 0 saturated heterocycles. The number of benzene rings is 1. The Hall–Kier alpha value is -2.00. The molecule has 5 nitrogen and oxygen atoms in total. The second kappa shape index (κ2) is 4.24. The molecular weight excluding hydrogens is 222 g/mol. The molecule has 6 heteroatoms. The lowest BCUT2D eigenvalue weighted by Crippen LogP contribution is -2.00. The van der Waals surface area contributed by atoms with Gasteiger partial charge in [-0.2, -0.15) is 5.26 Å². The molecule has 2 aromatic rings. The van der Waals surface area contributed by atoms with Gasteiger partial charge in [-0.05, 0) is 18.4 Å². The molecule has 0 fully saturated rings. The van der Waals surface area contributed by atoms with Crippen LogP contribution in [0.15, 0.2) is 29.4 Å². The molecule has 0 radical (unpaired) electrons. The molecule has 0 aliphatic rings. The molecule has 16 heavy (non-hydrogen) atoms. The Labute approximate surface area is 96.9 Å². The quantitative estimate of drug-likeness (QED) is 0.791. The van der Waals surface area contributed by atoms with Crippen LogP contribution >= 0.6 is 11.8 Å². The van der Waals surface area contributed by atoms with Gasteiger partial charge in [0.05, 0.1) is 11.3 Å². The van der Waals surface area contributed by atoms with E-state index in [9.17, 15) is 0 Å². The first kappa shape index (κ1) is 10.5. The summed E-state index contributed by atoms with van der Waals surface area (Å²) in [5, 5.41) is 13.1. The Kier molecular flexibility index (Phi) is 2.79. The van der Waals surface area contributed by atoms with Gasteiger partial charge in [0.2, 0.25) is 5.95 Å². The molecule has 80 valence electrons. The summed E-state index contributed by atoms with van der Waals surface area (Å²) in [6.45, 7) is 0. The van der Waals surface area contributed by atoms with Crippen LogP contribution in [0.3, 0.4) is 0 Å². The number of rotatable bonds is 2. The van der Waals surface area contributed by atoms with Gasteiger partial charge in [0.1, 0.15) is 12.4 Å². The van der Waals surface area contributed by atoms with E-state index < -0.39 is 0 Å². The van der Waals surface area contributed by atoms with Gasteiger partial charge >= 0.3 is 0 Å². The van der Waals surface area contributed by atoms with Crippen LogP contribution in [0.4, 0.5) is 5.95 Å². The number of anilines is 1. The molecule has 1 aromatic heterocycles. The van der Waals surface area contributed by atoms with E-state index in [1.54, 1.807) is 0 Å². The normalized spacial score (nSPS) is 10.0. The van der Waals surface area contributed by atoms with Crippen molar-refractivity contribution in [3.8, 4) is 11.8 Å². The SMILES string of the molecule is CSc1cccc(-n2cnc(N)n2)c1C#N. The average molecular weight is 231 g/mol. The van der Waals surface area contributed by atoms with Crippen molar-refractivity contribution in [3.63, 3.8) is 0 Å². The van der Waals surface area contributed by atoms with Gasteiger partial charge in [-0.15, -0.1) is 16.9 Å². The third-order valence-electron chi connectivity index (χ3n) is 2.09. The van der Waals surface area contributed by atoms with Crippen molar-refractivity contribution in [2.75, 3.05) is 12.0 Å². The topological polar surface area (TPSA) is 80.5 Å². The predicted molar refractivity (Wildman–Crippen MR) is 62.3 cm³/mol. The monoisotopic (exact) mass is 231 g/mol. The van der Waals surface area contributed by atoms with Crippen LogP contribution in [0.25, 0.3) is 5.69 Å². The third kappa shape index (κ3) is 1.73. The van der Waals surface area contributed by atoms with Crippen molar-refractivity contribution in [3.05, 3.63) is 30.1 Å². The molecule has 0 aliphatic heterocycles. The van der Waals surface area contributed by atoms with Crippen LogP contribution in [-0.4, -0.2) is 21.0 Å². The Morgan fingerprint density at radius 3 is 2.88 bits per heavy atom. The maximum absolute atomic E-state index is 9.14. The van der Waals surface area contributed by atoms with Crippen molar-refractivity contribution in [2.24, 2.45) is 0 Å². The standard InChI is InChI=1S/C10H9N5S/c1-16-9-4-2-3-8(7(9)5-11)15-6-13-10(12)14-15/h2-4,6H,1H3,(H2,12,14). The summed E-state index contributed by atoms with van der Waals surface area (Å²) >= 11 is 1.52. The van der Waals surface area contributed by atoms with E-state index in [1.807, 2.05) is 24.5 Å². The van der Waals surface area contributed by atoms with E-state index in [0.29, 0.717) is 11.3 Å². The smallest absolute Gasteiger partial charge is 0.239 e. The number of hydrogen-bond acceptors (Lipinski definition) is 5. The molecule has 0 amide bonds. The molecule has 0 atom stereocenters. The van der Waals surface area contributed by atoms with E-state index in [4.69, 9.17) is 11.0 Å². The summed E-state index contributed by atoms with van der Waals surface area (Å²) in [5.74, 6) is 0.193. The number of nitrogens with two attached hydrogens (primary N) is 1. The summed E-state index contributed by atoms with van der Waals surface area (Å²) in [6.07, 6.45) is 3.42. The molecule has 0 bridgehead atoms. The zero-order valence-electron chi connectivity index (χ0n) is 8.58. The molecule has 0 aliphatic carbocycles. The molecule has 0 unspecified atom stereocenters. The van der Waals surface area contributed by atoms with Gasteiger partial charge in [0.15, 0.2) is 0 Å². The molecule has 0 saturated carbocycles. The molecule has 2 N–H and O–H groups in total. The second-order valence-corrected chi connectivity index (χ2v) is 3.86. The first-order chi connectivity index (χ1) is 7.76. The van der Waals surface area contributed by atoms with Gasteiger partial charge < -0.3 is 5.73 Å². The number of nitriles is 1. The molecule has 2 rings (SSSR count). The fourth-order valence-electron chi connectivity index (χ4n) is 1.38. The minimum atomic E-state index is 0.193. The predicted octanol–water partition coefficient (Wildman–Crippen LogP) is 1.44. The van der Waals surface area contributed by atoms with Gasteiger partial charge in [-0.1, -0.05) is 6.07 Å². The van der Waals surface area contributed by atoms with Crippen molar-refractivity contribution in [1.29, 1.82) is 5.26 Å². The first-order valence-corrected chi connectivity index (χ1v) is 5.73. The molecule has 1 heterocycles. The molecular formula is C10H9N5S.